The minimum Gasteiger partial charge on any atom is -0.486 e. The van der Waals surface area contributed by atoms with E-state index in [0.29, 0.717) is 5.69 Å². The summed E-state index contributed by atoms with van der Waals surface area (Å²) in [6.45, 7) is 6.68. The number of likely N-dealkylation sites (N-methyl/N-ethyl adjacent to an activating group) is 1. The summed E-state index contributed by atoms with van der Waals surface area (Å²) in [4.78, 5) is 27.7. The fraction of sp³-hybridized carbons (Fsp3) is 0.560. The van der Waals surface area contributed by atoms with Crippen molar-refractivity contribution in [1.29, 1.82) is 0 Å². The third-order valence-electron chi connectivity index (χ3n) is 6.97. The molecule has 0 radical (unpaired) electrons. The Morgan fingerprint density at radius 3 is 2.62 bits per heavy atom. The van der Waals surface area contributed by atoms with E-state index in [2.05, 4.69) is 10.5 Å². The van der Waals surface area contributed by atoms with Crippen molar-refractivity contribution in [3.8, 4) is 5.75 Å². The van der Waals surface area contributed by atoms with E-state index in [1.807, 2.05) is 6.92 Å². The molecule has 1 aliphatic heterocycles. The summed E-state index contributed by atoms with van der Waals surface area (Å²) >= 11 is 0. The minimum atomic E-state index is -3.95. The Hall–Kier alpha value is -2.96. The summed E-state index contributed by atoms with van der Waals surface area (Å²) in [6, 6.07) is 4.46. The molecule has 37 heavy (non-hydrogen) atoms. The number of carbonyl (C=O) groups excluding carboxylic acids is 2. The number of hydrogen-bond acceptors (Lipinski definition) is 8. The number of hydrogen-bond donors (Lipinski definition) is 2. The molecule has 1 fully saturated rings. The predicted molar refractivity (Wildman–Crippen MR) is 135 cm³/mol. The maximum Gasteiger partial charge on any atom is 0.258 e. The van der Waals surface area contributed by atoms with Gasteiger partial charge in [-0.15, -0.1) is 0 Å². The lowest BCUT2D eigenvalue weighted by atomic mass is 9.99. The van der Waals surface area contributed by atoms with E-state index in [9.17, 15) is 23.1 Å². The maximum absolute atomic E-state index is 13.5. The first-order chi connectivity index (χ1) is 17.4. The third kappa shape index (κ3) is 5.36. The number of rotatable bonds is 8. The topological polar surface area (TPSA) is 142 Å². The van der Waals surface area contributed by atoms with Crippen LogP contribution in [0.1, 0.15) is 48.5 Å². The number of ether oxygens (including phenoxy) is 1. The van der Waals surface area contributed by atoms with E-state index in [0.717, 1.165) is 12.8 Å². The zero-order chi connectivity index (χ0) is 27.1. The van der Waals surface area contributed by atoms with Gasteiger partial charge in [0.2, 0.25) is 15.9 Å². The van der Waals surface area contributed by atoms with Crippen LogP contribution in [0.15, 0.2) is 27.6 Å². The van der Waals surface area contributed by atoms with Crippen LogP contribution in [0.5, 0.6) is 5.75 Å². The highest BCUT2D eigenvalue weighted by Gasteiger charge is 2.38. The van der Waals surface area contributed by atoms with E-state index in [-0.39, 0.29) is 71.0 Å². The van der Waals surface area contributed by atoms with Crippen LogP contribution in [0, 0.1) is 25.7 Å². The number of aromatic nitrogens is 1. The van der Waals surface area contributed by atoms with Gasteiger partial charge in [0.05, 0.1) is 30.4 Å². The van der Waals surface area contributed by atoms with E-state index in [1.165, 1.54) is 11.4 Å². The number of amides is 2. The second-order valence-corrected chi connectivity index (χ2v) is 12.0. The molecule has 202 valence electrons. The highest BCUT2D eigenvalue weighted by atomic mass is 32.2. The number of para-hydroxylation sites is 1. The number of anilines is 1. The number of aliphatic hydroxyl groups is 1. The Kier molecular flexibility index (Phi) is 7.63. The van der Waals surface area contributed by atoms with Crippen LogP contribution < -0.4 is 10.1 Å². The van der Waals surface area contributed by atoms with E-state index in [4.69, 9.17) is 9.26 Å². The van der Waals surface area contributed by atoms with Crippen molar-refractivity contribution in [2.45, 2.75) is 57.6 Å². The first-order valence-corrected chi connectivity index (χ1v) is 13.8. The average Bonchev–Trinajstić information content (AvgIpc) is 3.65. The number of fused-ring (bicyclic) bond motifs is 1. The van der Waals surface area contributed by atoms with Crippen molar-refractivity contribution >= 4 is 27.5 Å². The highest BCUT2D eigenvalue weighted by Crippen LogP contribution is 2.37. The lowest BCUT2D eigenvalue weighted by Gasteiger charge is -2.38. The van der Waals surface area contributed by atoms with Gasteiger partial charge in [-0.3, -0.25) is 9.59 Å². The Labute approximate surface area is 216 Å². The molecule has 1 aromatic heterocycles. The lowest BCUT2D eigenvalue weighted by Crippen LogP contribution is -2.50. The minimum absolute atomic E-state index is 0.0111. The molecule has 2 heterocycles. The number of nitrogens with one attached hydrogen (secondary N) is 1. The maximum atomic E-state index is 13.5. The molecule has 0 saturated heterocycles. The second-order valence-electron chi connectivity index (χ2n) is 10.0. The lowest BCUT2D eigenvalue weighted by molar-refractivity contribution is -0.117. The molecule has 1 aliphatic carbocycles. The first-order valence-electron chi connectivity index (χ1n) is 12.4. The molecule has 3 atom stereocenters. The van der Waals surface area contributed by atoms with Gasteiger partial charge in [-0.1, -0.05) is 18.1 Å². The monoisotopic (exact) mass is 534 g/mol. The second kappa shape index (κ2) is 10.4. The molecular formula is C25H34N4O7S. The number of benzene rings is 1. The fourth-order valence-electron chi connectivity index (χ4n) is 4.49. The molecule has 4 rings (SSSR count). The standard InChI is InChI=1S/C25H34N4O7S/c1-14-11-29(15(2)13-30)25(32)19-7-6-8-20(26-24(31)18-9-10-18)22(19)35-21(14)12-28(5)37(33,34)23-16(3)27-36-17(23)4/h6-8,14-15,18,21,30H,9-13H2,1-5H3,(H,26,31)/t14-,15-,21-/m0/s1. The van der Waals surface area contributed by atoms with Crippen LogP contribution in [0.4, 0.5) is 5.69 Å². The summed E-state index contributed by atoms with van der Waals surface area (Å²) in [5.41, 5.74) is 0.858. The van der Waals surface area contributed by atoms with E-state index in [1.54, 1.807) is 43.9 Å². The van der Waals surface area contributed by atoms with Crippen LogP contribution in [0.25, 0.3) is 0 Å². The van der Waals surface area contributed by atoms with Crippen molar-refractivity contribution in [2.24, 2.45) is 11.8 Å². The molecule has 2 N–H and O–H groups in total. The number of aryl methyl sites for hydroxylation is 2. The summed E-state index contributed by atoms with van der Waals surface area (Å²) in [7, 11) is -2.49. The molecule has 2 aromatic rings. The Bertz CT molecular complexity index is 1270. The van der Waals surface area contributed by atoms with Crippen molar-refractivity contribution in [3.05, 3.63) is 35.2 Å². The van der Waals surface area contributed by atoms with Gasteiger partial charge < -0.3 is 24.6 Å². The number of carbonyl (C=O) groups is 2. The zero-order valence-corrected chi connectivity index (χ0v) is 22.5. The van der Waals surface area contributed by atoms with Crippen LogP contribution >= 0.6 is 0 Å². The number of aliphatic hydroxyl groups excluding tert-OH is 1. The molecule has 11 nitrogen and oxygen atoms in total. The molecule has 2 amide bonds. The van der Waals surface area contributed by atoms with Gasteiger partial charge in [-0.2, -0.15) is 4.31 Å². The summed E-state index contributed by atoms with van der Waals surface area (Å²) in [5, 5.41) is 16.5. The molecule has 0 bridgehead atoms. The van der Waals surface area contributed by atoms with Gasteiger partial charge in [-0.05, 0) is 45.7 Å². The first kappa shape index (κ1) is 27.1. The number of sulfonamides is 1. The molecule has 2 aliphatic rings. The summed E-state index contributed by atoms with van der Waals surface area (Å²) in [6.07, 6.45) is 0.943. The van der Waals surface area contributed by atoms with Gasteiger partial charge in [0.15, 0.2) is 11.5 Å². The quantitative estimate of drug-likeness (QED) is 0.525. The smallest absolute Gasteiger partial charge is 0.258 e. The van der Waals surface area contributed by atoms with Gasteiger partial charge in [0.1, 0.15) is 16.7 Å². The molecule has 0 spiro atoms. The summed E-state index contributed by atoms with van der Waals surface area (Å²) in [5.74, 6) is -0.472. The predicted octanol–water partition coefficient (Wildman–Crippen LogP) is 2.18. The van der Waals surface area contributed by atoms with Crippen molar-refractivity contribution in [1.82, 2.24) is 14.4 Å². The van der Waals surface area contributed by atoms with Crippen molar-refractivity contribution in [3.63, 3.8) is 0 Å². The van der Waals surface area contributed by atoms with Gasteiger partial charge >= 0.3 is 0 Å². The average molecular weight is 535 g/mol. The fourth-order valence-corrected chi connectivity index (χ4v) is 5.96. The van der Waals surface area contributed by atoms with Gasteiger partial charge in [-0.25, -0.2) is 8.42 Å². The highest BCUT2D eigenvalue weighted by molar-refractivity contribution is 7.89. The molecule has 1 aromatic carbocycles. The van der Waals surface area contributed by atoms with Gasteiger partial charge in [0, 0.05) is 25.4 Å². The summed E-state index contributed by atoms with van der Waals surface area (Å²) < 4.78 is 39.4. The Balaban J connectivity index is 1.72. The molecule has 1 saturated carbocycles. The third-order valence-corrected chi connectivity index (χ3v) is 9.04. The van der Waals surface area contributed by atoms with Crippen LogP contribution in [0.2, 0.25) is 0 Å². The molecule has 0 unspecified atom stereocenters. The van der Waals surface area contributed by atoms with Crippen LogP contribution in [0.3, 0.4) is 0 Å². The van der Waals surface area contributed by atoms with E-state index >= 15 is 0 Å². The van der Waals surface area contributed by atoms with Crippen molar-refractivity contribution < 1.29 is 32.4 Å². The zero-order valence-electron chi connectivity index (χ0n) is 21.7. The van der Waals surface area contributed by atoms with Crippen molar-refractivity contribution in [2.75, 3.05) is 32.1 Å². The molecule has 12 heteroatoms. The number of nitrogens with zero attached hydrogens (tertiary/aromatic N) is 3. The SMILES string of the molecule is Cc1noc(C)c1S(=O)(=O)N(C)C[C@@H]1Oc2c(NC(=O)C3CC3)cccc2C(=O)N([C@@H](C)CO)C[C@@H]1C. The molecular weight excluding hydrogens is 500 g/mol. The Morgan fingerprint density at radius 2 is 2.03 bits per heavy atom. The largest absolute Gasteiger partial charge is 0.486 e. The van der Waals surface area contributed by atoms with Crippen LogP contribution in [-0.2, 0) is 14.8 Å². The van der Waals surface area contributed by atoms with E-state index < -0.39 is 22.2 Å². The normalized spacial score (nSPS) is 21.2. The van der Waals surface area contributed by atoms with Gasteiger partial charge in [0.25, 0.3) is 5.91 Å². The van der Waals surface area contributed by atoms with Crippen LogP contribution in [-0.4, -0.2) is 78.6 Å². The Morgan fingerprint density at radius 1 is 1.32 bits per heavy atom.